The Morgan fingerprint density at radius 3 is 2.24 bits per heavy atom. The fourth-order valence-corrected chi connectivity index (χ4v) is 2.53. The second-order valence-corrected chi connectivity index (χ2v) is 5.80. The Bertz CT molecular complexity index is 787. The highest BCUT2D eigenvalue weighted by atomic mass is 16.5. The molecule has 2 rings (SSSR count). The van der Waals surface area contributed by atoms with E-state index in [0.29, 0.717) is 12.2 Å². The van der Waals surface area contributed by atoms with Crippen LogP contribution >= 0.6 is 0 Å². The zero-order valence-electron chi connectivity index (χ0n) is 14.5. The number of hydrogen-bond acceptors (Lipinski definition) is 3. The first-order chi connectivity index (χ1) is 11.9. The molecule has 0 aromatic heterocycles. The summed E-state index contributed by atoms with van der Waals surface area (Å²) in [5.41, 5.74) is 3.39. The van der Waals surface area contributed by atoms with Crippen LogP contribution in [0.25, 0.3) is 6.08 Å². The van der Waals surface area contributed by atoms with E-state index in [1.54, 1.807) is 0 Å². The van der Waals surface area contributed by atoms with Crippen LogP contribution in [0.3, 0.4) is 0 Å². The summed E-state index contributed by atoms with van der Waals surface area (Å²) < 4.78 is 5.92. The fraction of sp³-hybridized carbons (Fsp3) is 0.200. The number of carboxylic acids is 1. The molecule has 0 radical (unpaired) electrons. The van der Waals surface area contributed by atoms with Crippen molar-refractivity contribution in [3.8, 4) is 5.75 Å². The molecule has 0 aliphatic rings. The largest absolute Gasteiger partial charge is 0.488 e. The highest BCUT2D eigenvalue weighted by Gasteiger charge is 2.11. The molecule has 2 aromatic rings. The summed E-state index contributed by atoms with van der Waals surface area (Å²) in [4.78, 5) is 22.3. The first kappa shape index (κ1) is 18.3. The summed E-state index contributed by atoms with van der Waals surface area (Å²) in [5, 5.41) is 11.5. The third-order valence-corrected chi connectivity index (χ3v) is 3.56. The Hall–Kier alpha value is -3.08. The molecule has 5 heteroatoms. The number of aliphatic carboxylic acids is 1. The number of carboxylic acid groups (broad SMARTS) is 1. The van der Waals surface area contributed by atoms with Crippen molar-refractivity contribution in [2.24, 2.45) is 0 Å². The zero-order valence-corrected chi connectivity index (χ0v) is 14.5. The molecule has 0 heterocycles. The quantitative estimate of drug-likeness (QED) is 0.791. The van der Waals surface area contributed by atoms with Crippen LogP contribution in [-0.2, 0) is 16.2 Å². The molecule has 130 valence electrons. The molecule has 0 aliphatic carbocycles. The van der Waals surface area contributed by atoms with Gasteiger partial charge >= 0.3 is 5.97 Å². The number of carbonyl (C=O) groups is 2. The van der Waals surface area contributed by atoms with Gasteiger partial charge in [0.25, 0.3) is 0 Å². The maximum Gasteiger partial charge on any atom is 0.352 e. The summed E-state index contributed by atoms with van der Waals surface area (Å²) in [5.74, 6) is -0.836. The molecule has 1 amide bonds. The summed E-state index contributed by atoms with van der Waals surface area (Å²) >= 11 is 0. The highest BCUT2D eigenvalue weighted by molar-refractivity contribution is 5.96. The number of benzene rings is 2. The number of ether oxygens (including phenoxy) is 1. The molecule has 2 aromatic carbocycles. The van der Waals surface area contributed by atoms with Crippen molar-refractivity contribution in [1.82, 2.24) is 5.32 Å². The van der Waals surface area contributed by atoms with Gasteiger partial charge in [-0.05, 0) is 54.3 Å². The molecular weight excluding hydrogens is 318 g/mol. The number of aryl methyl sites for hydroxylation is 2. The molecule has 0 atom stereocenters. The van der Waals surface area contributed by atoms with E-state index in [-0.39, 0.29) is 5.70 Å². The summed E-state index contributed by atoms with van der Waals surface area (Å²) in [7, 11) is 0. The first-order valence-electron chi connectivity index (χ1n) is 7.87. The van der Waals surface area contributed by atoms with Gasteiger partial charge in [-0.2, -0.15) is 0 Å². The average molecular weight is 339 g/mol. The van der Waals surface area contributed by atoms with Crippen molar-refractivity contribution in [2.45, 2.75) is 27.4 Å². The van der Waals surface area contributed by atoms with Crippen LogP contribution in [0, 0.1) is 13.8 Å². The third kappa shape index (κ3) is 5.21. The standard InChI is InChI=1S/C20H21NO4/c1-13-9-17(11-18(20(23)24)21-15(3)22)10-14(2)19(13)25-12-16-7-5-4-6-8-16/h4-11H,12H2,1-3H3,(H,21,22)(H,23,24). The maximum absolute atomic E-state index is 11.2. The van der Waals surface area contributed by atoms with E-state index in [9.17, 15) is 14.7 Å². The van der Waals surface area contributed by atoms with Gasteiger partial charge in [0, 0.05) is 6.92 Å². The number of carbonyl (C=O) groups excluding carboxylic acids is 1. The van der Waals surface area contributed by atoms with Gasteiger partial charge in [-0.25, -0.2) is 4.79 Å². The molecule has 0 saturated heterocycles. The van der Waals surface area contributed by atoms with E-state index in [1.807, 2.05) is 56.3 Å². The number of rotatable bonds is 6. The van der Waals surface area contributed by atoms with E-state index in [1.165, 1.54) is 13.0 Å². The molecule has 2 N–H and O–H groups in total. The van der Waals surface area contributed by atoms with Crippen molar-refractivity contribution in [1.29, 1.82) is 0 Å². The minimum absolute atomic E-state index is 0.163. The van der Waals surface area contributed by atoms with E-state index in [2.05, 4.69) is 5.32 Å². The third-order valence-electron chi connectivity index (χ3n) is 3.56. The summed E-state index contributed by atoms with van der Waals surface area (Å²) in [6.45, 7) is 5.55. The van der Waals surface area contributed by atoms with Gasteiger partial charge in [0.2, 0.25) is 5.91 Å². The second kappa shape index (κ2) is 8.15. The Balaban J connectivity index is 2.24. The fourth-order valence-electron chi connectivity index (χ4n) is 2.53. The van der Waals surface area contributed by atoms with Crippen LogP contribution in [0.5, 0.6) is 5.75 Å². The zero-order chi connectivity index (χ0) is 18.4. The lowest BCUT2D eigenvalue weighted by Crippen LogP contribution is -2.24. The van der Waals surface area contributed by atoms with Crippen molar-refractivity contribution < 1.29 is 19.4 Å². The molecular formula is C20H21NO4. The smallest absolute Gasteiger partial charge is 0.352 e. The second-order valence-electron chi connectivity index (χ2n) is 5.80. The molecule has 0 spiro atoms. The molecule has 0 fully saturated rings. The minimum Gasteiger partial charge on any atom is -0.488 e. The van der Waals surface area contributed by atoms with Crippen molar-refractivity contribution >= 4 is 18.0 Å². The van der Waals surface area contributed by atoms with Crippen LogP contribution < -0.4 is 10.1 Å². The topological polar surface area (TPSA) is 75.6 Å². The van der Waals surface area contributed by atoms with Crippen LogP contribution in [0.15, 0.2) is 48.2 Å². The number of hydrogen-bond donors (Lipinski definition) is 2. The van der Waals surface area contributed by atoms with Gasteiger partial charge in [-0.1, -0.05) is 30.3 Å². The lowest BCUT2D eigenvalue weighted by molar-refractivity contribution is -0.134. The Morgan fingerprint density at radius 2 is 1.72 bits per heavy atom. The van der Waals surface area contributed by atoms with Crippen molar-refractivity contribution in [3.63, 3.8) is 0 Å². The molecule has 0 aliphatic heterocycles. The van der Waals surface area contributed by atoms with Gasteiger partial charge in [0.1, 0.15) is 18.1 Å². The predicted octanol–water partition coefficient (Wildman–Crippen LogP) is 3.44. The average Bonchev–Trinajstić information content (AvgIpc) is 2.54. The molecule has 0 unspecified atom stereocenters. The minimum atomic E-state index is -1.19. The summed E-state index contributed by atoms with van der Waals surface area (Å²) in [6, 6.07) is 13.5. The SMILES string of the molecule is CC(=O)NC(=Cc1cc(C)c(OCc2ccccc2)c(C)c1)C(=O)O. The van der Waals surface area contributed by atoms with Gasteiger partial charge < -0.3 is 15.2 Å². The number of nitrogens with one attached hydrogen (secondary N) is 1. The molecule has 25 heavy (non-hydrogen) atoms. The Morgan fingerprint density at radius 1 is 1.12 bits per heavy atom. The Labute approximate surface area is 146 Å². The molecule has 5 nitrogen and oxygen atoms in total. The lowest BCUT2D eigenvalue weighted by Gasteiger charge is -2.14. The van der Waals surface area contributed by atoms with Crippen LogP contribution in [0.2, 0.25) is 0 Å². The van der Waals surface area contributed by atoms with E-state index in [0.717, 1.165) is 22.4 Å². The predicted molar refractivity (Wildman–Crippen MR) is 96.1 cm³/mol. The normalized spacial score (nSPS) is 11.1. The van der Waals surface area contributed by atoms with Crippen LogP contribution in [0.4, 0.5) is 0 Å². The summed E-state index contributed by atoms with van der Waals surface area (Å²) in [6.07, 6.45) is 1.44. The van der Waals surface area contributed by atoms with Crippen molar-refractivity contribution in [2.75, 3.05) is 0 Å². The molecule has 0 bridgehead atoms. The van der Waals surface area contributed by atoms with Crippen LogP contribution in [0.1, 0.15) is 29.2 Å². The Kier molecular flexibility index (Phi) is 5.95. The highest BCUT2D eigenvalue weighted by Crippen LogP contribution is 2.26. The van der Waals surface area contributed by atoms with Crippen molar-refractivity contribution in [3.05, 3.63) is 70.4 Å². The van der Waals surface area contributed by atoms with Gasteiger partial charge in [0.05, 0.1) is 0 Å². The number of amides is 1. The van der Waals surface area contributed by atoms with E-state index >= 15 is 0 Å². The van der Waals surface area contributed by atoms with Crippen LogP contribution in [-0.4, -0.2) is 17.0 Å². The van der Waals surface area contributed by atoms with Gasteiger partial charge in [-0.15, -0.1) is 0 Å². The monoisotopic (exact) mass is 339 g/mol. The van der Waals surface area contributed by atoms with Gasteiger partial charge in [-0.3, -0.25) is 4.79 Å². The molecule has 0 saturated carbocycles. The maximum atomic E-state index is 11.2. The van der Waals surface area contributed by atoms with E-state index < -0.39 is 11.9 Å². The van der Waals surface area contributed by atoms with E-state index in [4.69, 9.17) is 4.74 Å². The lowest BCUT2D eigenvalue weighted by atomic mass is 10.0. The van der Waals surface area contributed by atoms with Gasteiger partial charge in [0.15, 0.2) is 0 Å². The first-order valence-corrected chi connectivity index (χ1v) is 7.87.